The number of ether oxygens (including phenoxy) is 1. The lowest BCUT2D eigenvalue weighted by atomic mass is 9.79. The summed E-state index contributed by atoms with van der Waals surface area (Å²) in [5.74, 6) is 1.58. The maximum absolute atomic E-state index is 6.25. The Bertz CT molecular complexity index is 348. The van der Waals surface area contributed by atoms with E-state index in [1.54, 1.807) is 7.11 Å². The van der Waals surface area contributed by atoms with E-state index in [9.17, 15) is 0 Å². The van der Waals surface area contributed by atoms with Crippen molar-refractivity contribution in [2.45, 2.75) is 32.2 Å². The number of hydrogen-bond donors (Lipinski definition) is 1. The molecular weight excluding hydrogens is 186 g/mol. The van der Waals surface area contributed by atoms with Gasteiger partial charge in [-0.1, -0.05) is 19.4 Å². The van der Waals surface area contributed by atoms with Gasteiger partial charge in [-0.15, -0.1) is 0 Å². The highest BCUT2D eigenvalue weighted by molar-refractivity contribution is 5.39. The maximum atomic E-state index is 6.25. The Balaban J connectivity index is 2.33. The van der Waals surface area contributed by atoms with E-state index in [0.29, 0.717) is 5.92 Å². The third kappa shape index (κ3) is 1.86. The van der Waals surface area contributed by atoms with Gasteiger partial charge in [-0.25, -0.2) is 0 Å². The summed E-state index contributed by atoms with van der Waals surface area (Å²) in [6.45, 7) is 2.22. The van der Waals surface area contributed by atoms with Gasteiger partial charge in [-0.2, -0.15) is 0 Å². The molecule has 0 aliphatic heterocycles. The summed E-state index contributed by atoms with van der Waals surface area (Å²) in [7, 11) is 1.71. The van der Waals surface area contributed by atoms with Gasteiger partial charge in [-0.3, -0.25) is 0 Å². The lowest BCUT2D eigenvalue weighted by Crippen LogP contribution is -2.26. The van der Waals surface area contributed by atoms with Gasteiger partial charge in [0, 0.05) is 6.04 Å². The summed E-state index contributed by atoms with van der Waals surface area (Å²) in [6, 6.07) is 6.48. The first kappa shape index (κ1) is 10.5. The largest absolute Gasteiger partial charge is 0.497 e. The molecule has 0 saturated heterocycles. The highest BCUT2D eigenvalue weighted by Crippen LogP contribution is 2.35. The highest BCUT2D eigenvalue weighted by Gasteiger charge is 2.25. The zero-order chi connectivity index (χ0) is 10.8. The van der Waals surface area contributed by atoms with Crippen LogP contribution in [-0.4, -0.2) is 7.11 Å². The molecule has 2 nitrogen and oxygen atoms in total. The molecule has 0 heterocycles. The van der Waals surface area contributed by atoms with E-state index in [-0.39, 0.29) is 6.04 Å². The van der Waals surface area contributed by atoms with Crippen LogP contribution in [0, 0.1) is 5.92 Å². The number of aryl methyl sites for hydroxylation is 1. The Morgan fingerprint density at radius 3 is 2.93 bits per heavy atom. The minimum atomic E-state index is 0.213. The smallest absolute Gasteiger partial charge is 0.119 e. The van der Waals surface area contributed by atoms with Crippen LogP contribution in [0.1, 0.15) is 36.9 Å². The summed E-state index contributed by atoms with van der Waals surface area (Å²) < 4.78 is 5.23. The lowest BCUT2D eigenvalue weighted by molar-refractivity contribution is 0.365. The normalized spacial score (nSPS) is 24.7. The van der Waals surface area contributed by atoms with Gasteiger partial charge >= 0.3 is 0 Å². The molecule has 0 radical (unpaired) electrons. The van der Waals surface area contributed by atoms with Crippen molar-refractivity contribution in [3.63, 3.8) is 0 Å². The minimum Gasteiger partial charge on any atom is -0.497 e. The molecule has 1 aromatic carbocycles. The fourth-order valence-corrected chi connectivity index (χ4v) is 2.48. The molecule has 0 bridgehead atoms. The predicted molar refractivity (Wildman–Crippen MR) is 62.0 cm³/mol. The van der Waals surface area contributed by atoms with Crippen LogP contribution in [0.2, 0.25) is 0 Å². The molecule has 1 aliphatic rings. The number of rotatable bonds is 2. The third-order valence-electron chi connectivity index (χ3n) is 3.53. The monoisotopic (exact) mass is 205 g/mol. The van der Waals surface area contributed by atoms with Gasteiger partial charge < -0.3 is 10.5 Å². The molecule has 82 valence electrons. The second kappa shape index (κ2) is 4.23. The SMILES string of the molecule is CCC1CCc2cc(OC)ccc2C1N. The van der Waals surface area contributed by atoms with Crippen molar-refractivity contribution in [3.8, 4) is 5.75 Å². The summed E-state index contributed by atoms with van der Waals surface area (Å²) >= 11 is 0. The van der Waals surface area contributed by atoms with E-state index in [4.69, 9.17) is 10.5 Å². The lowest BCUT2D eigenvalue weighted by Gasteiger charge is -2.30. The van der Waals surface area contributed by atoms with Crippen LogP contribution in [0.3, 0.4) is 0 Å². The van der Waals surface area contributed by atoms with E-state index < -0.39 is 0 Å². The Labute approximate surface area is 91.4 Å². The number of benzene rings is 1. The average molecular weight is 205 g/mol. The molecule has 15 heavy (non-hydrogen) atoms. The molecule has 0 fully saturated rings. The average Bonchev–Trinajstić information content (AvgIpc) is 2.29. The Kier molecular flexibility index (Phi) is 2.96. The zero-order valence-corrected chi connectivity index (χ0v) is 9.49. The topological polar surface area (TPSA) is 35.2 Å². The van der Waals surface area contributed by atoms with E-state index in [2.05, 4.69) is 19.1 Å². The fourth-order valence-electron chi connectivity index (χ4n) is 2.48. The molecule has 0 saturated carbocycles. The van der Waals surface area contributed by atoms with Gasteiger partial charge in [0.15, 0.2) is 0 Å². The second-order valence-corrected chi connectivity index (χ2v) is 4.30. The van der Waals surface area contributed by atoms with Crippen molar-refractivity contribution in [1.29, 1.82) is 0 Å². The van der Waals surface area contributed by atoms with Crippen molar-refractivity contribution in [2.75, 3.05) is 7.11 Å². The molecule has 2 heteroatoms. The third-order valence-corrected chi connectivity index (χ3v) is 3.53. The van der Waals surface area contributed by atoms with Gasteiger partial charge in [0.05, 0.1) is 7.11 Å². The molecule has 0 aromatic heterocycles. The summed E-state index contributed by atoms with van der Waals surface area (Å²) in [4.78, 5) is 0. The molecule has 0 amide bonds. The summed E-state index contributed by atoms with van der Waals surface area (Å²) in [5.41, 5.74) is 8.93. The first-order valence-electron chi connectivity index (χ1n) is 5.68. The predicted octanol–water partition coefficient (Wildman–Crippen LogP) is 2.67. The van der Waals surface area contributed by atoms with E-state index in [1.807, 2.05) is 6.07 Å². The number of hydrogen-bond acceptors (Lipinski definition) is 2. The maximum Gasteiger partial charge on any atom is 0.119 e. The van der Waals surface area contributed by atoms with Crippen LogP contribution >= 0.6 is 0 Å². The Morgan fingerprint density at radius 1 is 1.47 bits per heavy atom. The van der Waals surface area contributed by atoms with E-state index in [1.165, 1.54) is 24.0 Å². The summed E-state index contributed by atoms with van der Waals surface area (Å²) in [6.07, 6.45) is 3.52. The van der Waals surface area contributed by atoms with E-state index in [0.717, 1.165) is 12.2 Å². The van der Waals surface area contributed by atoms with Crippen molar-refractivity contribution in [2.24, 2.45) is 11.7 Å². The number of nitrogens with two attached hydrogens (primary N) is 1. The van der Waals surface area contributed by atoms with Crippen molar-refractivity contribution in [3.05, 3.63) is 29.3 Å². The fraction of sp³-hybridized carbons (Fsp3) is 0.538. The van der Waals surface area contributed by atoms with Gasteiger partial charge in [-0.05, 0) is 42.0 Å². The molecule has 2 atom stereocenters. The highest BCUT2D eigenvalue weighted by atomic mass is 16.5. The molecule has 1 aromatic rings. The number of fused-ring (bicyclic) bond motifs is 1. The standard InChI is InChI=1S/C13H19NO/c1-3-9-4-5-10-8-11(15-2)6-7-12(10)13(9)14/h6-9,13H,3-5,14H2,1-2H3. The molecular formula is C13H19NO. The van der Waals surface area contributed by atoms with Crippen molar-refractivity contribution in [1.82, 2.24) is 0 Å². The zero-order valence-electron chi connectivity index (χ0n) is 9.49. The van der Waals surface area contributed by atoms with Gasteiger partial charge in [0.2, 0.25) is 0 Å². The first-order chi connectivity index (χ1) is 7.26. The Morgan fingerprint density at radius 2 is 2.27 bits per heavy atom. The van der Waals surface area contributed by atoms with Crippen LogP contribution in [-0.2, 0) is 6.42 Å². The van der Waals surface area contributed by atoms with E-state index >= 15 is 0 Å². The van der Waals surface area contributed by atoms with Crippen LogP contribution in [0.15, 0.2) is 18.2 Å². The van der Waals surface area contributed by atoms with Crippen LogP contribution < -0.4 is 10.5 Å². The molecule has 1 aliphatic carbocycles. The number of methoxy groups -OCH3 is 1. The quantitative estimate of drug-likeness (QED) is 0.805. The molecule has 2 N–H and O–H groups in total. The van der Waals surface area contributed by atoms with Crippen LogP contribution in [0.5, 0.6) is 5.75 Å². The van der Waals surface area contributed by atoms with Gasteiger partial charge in [0.25, 0.3) is 0 Å². The van der Waals surface area contributed by atoms with Gasteiger partial charge in [0.1, 0.15) is 5.75 Å². The van der Waals surface area contributed by atoms with Crippen LogP contribution in [0.4, 0.5) is 0 Å². The summed E-state index contributed by atoms with van der Waals surface area (Å²) in [5, 5.41) is 0. The first-order valence-corrected chi connectivity index (χ1v) is 5.68. The van der Waals surface area contributed by atoms with Crippen molar-refractivity contribution < 1.29 is 4.74 Å². The van der Waals surface area contributed by atoms with Crippen LogP contribution in [0.25, 0.3) is 0 Å². The molecule has 2 unspecified atom stereocenters. The molecule has 0 spiro atoms. The van der Waals surface area contributed by atoms with Crippen molar-refractivity contribution >= 4 is 0 Å². The second-order valence-electron chi connectivity index (χ2n) is 4.30. The molecule has 2 rings (SSSR count). The minimum absolute atomic E-state index is 0.213. The Hall–Kier alpha value is -1.02.